The summed E-state index contributed by atoms with van der Waals surface area (Å²) in [4.78, 5) is 11.7. The molecule has 0 aromatic carbocycles. The average molecular weight is 293 g/mol. The Morgan fingerprint density at radius 3 is 2.42 bits per heavy atom. The van der Waals surface area contributed by atoms with E-state index >= 15 is 0 Å². The van der Waals surface area contributed by atoms with E-state index in [2.05, 4.69) is 10.6 Å². The van der Waals surface area contributed by atoms with Gasteiger partial charge < -0.3 is 15.4 Å². The molecule has 1 fully saturated rings. The van der Waals surface area contributed by atoms with E-state index in [4.69, 9.17) is 4.74 Å². The van der Waals surface area contributed by atoms with E-state index in [1.54, 1.807) is 7.11 Å². The van der Waals surface area contributed by atoms with Gasteiger partial charge in [0, 0.05) is 33.2 Å². The molecule has 0 heterocycles. The number of ether oxygens (including phenoxy) is 1. The van der Waals surface area contributed by atoms with Crippen molar-refractivity contribution in [3.63, 3.8) is 0 Å². The van der Waals surface area contributed by atoms with E-state index in [-0.39, 0.29) is 18.3 Å². The molecule has 0 aromatic rings. The number of nitrogens with one attached hydrogen (secondary N) is 2. The maximum absolute atomic E-state index is 11.7. The normalized spacial score (nSPS) is 16.5. The summed E-state index contributed by atoms with van der Waals surface area (Å²) in [5.41, 5.74) is 0. The molecule has 0 radical (unpaired) electrons. The molecule has 0 spiro atoms. The van der Waals surface area contributed by atoms with Crippen LogP contribution in [-0.2, 0) is 9.53 Å². The number of halogens is 1. The molecule has 0 bridgehead atoms. The van der Waals surface area contributed by atoms with Crippen molar-refractivity contribution in [1.29, 1.82) is 0 Å². The van der Waals surface area contributed by atoms with Crippen molar-refractivity contribution in [2.24, 2.45) is 5.92 Å². The van der Waals surface area contributed by atoms with Gasteiger partial charge in [0.25, 0.3) is 0 Å². The molecular weight excluding hydrogens is 264 g/mol. The van der Waals surface area contributed by atoms with Gasteiger partial charge in [0.15, 0.2) is 0 Å². The highest BCUT2D eigenvalue weighted by Gasteiger charge is 2.15. The summed E-state index contributed by atoms with van der Waals surface area (Å²) in [5, 5.41) is 6.20. The maximum atomic E-state index is 11.7. The number of methoxy groups -OCH3 is 1. The fourth-order valence-electron chi connectivity index (χ4n) is 2.49. The van der Waals surface area contributed by atoms with E-state index in [1.165, 1.54) is 38.5 Å². The third-order valence-electron chi connectivity index (χ3n) is 3.56. The highest BCUT2D eigenvalue weighted by atomic mass is 35.5. The lowest BCUT2D eigenvalue weighted by molar-refractivity contribution is -0.122. The van der Waals surface area contributed by atoms with Crippen LogP contribution in [0.2, 0.25) is 0 Å². The van der Waals surface area contributed by atoms with Crippen LogP contribution in [0.15, 0.2) is 0 Å². The molecule has 0 atom stereocenters. The van der Waals surface area contributed by atoms with E-state index in [9.17, 15) is 4.79 Å². The lowest BCUT2D eigenvalue weighted by atomic mass is 9.96. The third kappa shape index (κ3) is 10.2. The van der Waals surface area contributed by atoms with Crippen molar-refractivity contribution in [3.8, 4) is 0 Å². The number of carbonyl (C=O) groups excluding carboxylic acids is 1. The summed E-state index contributed by atoms with van der Waals surface area (Å²) < 4.78 is 4.93. The molecule has 1 rings (SSSR count). The summed E-state index contributed by atoms with van der Waals surface area (Å²) in [6.07, 6.45) is 8.49. The average Bonchev–Trinajstić information content (AvgIpc) is 2.62. The third-order valence-corrected chi connectivity index (χ3v) is 3.56. The van der Waals surface area contributed by atoms with Crippen molar-refractivity contribution >= 4 is 18.3 Å². The van der Waals surface area contributed by atoms with Crippen molar-refractivity contribution in [2.75, 3.05) is 33.4 Å². The Morgan fingerprint density at radius 2 is 1.79 bits per heavy atom. The van der Waals surface area contributed by atoms with Crippen LogP contribution in [0.3, 0.4) is 0 Å². The van der Waals surface area contributed by atoms with E-state index < -0.39 is 0 Å². The van der Waals surface area contributed by atoms with Crippen LogP contribution in [0.1, 0.15) is 44.9 Å². The van der Waals surface area contributed by atoms with Gasteiger partial charge in [0.2, 0.25) is 5.91 Å². The molecule has 1 aliphatic rings. The van der Waals surface area contributed by atoms with Gasteiger partial charge in [0.05, 0.1) is 6.61 Å². The first-order valence-electron chi connectivity index (χ1n) is 7.29. The molecule has 114 valence electrons. The van der Waals surface area contributed by atoms with Crippen LogP contribution < -0.4 is 10.6 Å². The van der Waals surface area contributed by atoms with Gasteiger partial charge in [-0.1, -0.05) is 25.7 Å². The van der Waals surface area contributed by atoms with Crippen molar-refractivity contribution < 1.29 is 9.53 Å². The largest absolute Gasteiger partial charge is 0.383 e. The zero-order valence-electron chi connectivity index (χ0n) is 12.1. The zero-order chi connectivity index (χ0) is 13.1. The molecule has 1 saturated carbocycles. The Labute approximate surface area is 123 Å². The quantitative estimate of drug-likeness (QED) is 0.532. The first kappa shape index (κ1) is 18.7. The second-order valence-electron chi connectivity index (χ2n) is 5.15. The molecule has 0 aromatic heterocycles. The summed E-state index contributed by atoms with van der Waals surface area (Å²) in [5.74, 6) is 0.837. The van der Waals surface area contributed by atoms with Crippen LogP contribution in [0.25, 0.3) is 0 Å². The summed E-state index contributed by atoms with van der Waals surface area (Å²) in [6.45, 7) is 3.10. The number of hydrogen-bond donors (Lipinski definition) is 2. The molecule has 0 saturated heterocycles. The Kier molecular flexibility index (Phi) is 12.5. The second kappa shape index (κ2) is 12.7. The minimum Gasteiger partial charge on any atom is -0.383 e. The van der Waals surface area contributed by atoms with Gasteiger partial charge >= 0.3 is 0 Å². The highest BCUT2D eigenvalue weighted by Crippen LogP contribution is 2.25. The minimum absolute atomic E-state index is 0. The van der Waals surface area contributed by atoms with Gasteiger partial charge in [-0.2, -0.15) is 0 Å². The van der Waals surface area contributed by atoms with Gasteiger partial charge in [-0.3, -0.25) is 4.79 Å². The highest BCUT2D eigenvalue weighted by molar-refractivity contribution is 5.85. The van der Waals surface area contributed by atoms with E-state index in [1.807, 2.05) is 0 Å². The van der Waals surface area contributed by atoms with Gasteiger partial charge in [-0.25, -0.2) is 0 Å². The SMILES string of the molecule is COCCNCCNC(=O)CC1CCCCCC1.Cl. The Balaban J connectivity index is 0.00000324. The first-order valence-corrected chi connectivity index (χ1v) is 7.29. The van der Waals surface area contributed by atoms with Crippen molar-refractivity contribution in [1.82, 2.24) is 10.6 Å². The molecule has 4 nitrogen and oxygen atoms in total. The van der Waals surface area contributed by atoms with Crippen molar-refractivity contribution in [3.05, 3.63) is 0 Å². The van der Waals surface area contributed by atoms with Crippen LogP contribution in [-0.4, -0.2) is 39.3 Å². The van der Waals surface area contributed by atoms with Gasteiger partial charge in [0.1, 0.15) is 0 Å². The lowest BCUT2D eigenvalue weighted by Gasteiger charge is -2.13. The lowest BCUT2D eigenvalue weighted by Crippen LogP contribution is -2.33. The van der Waals surface area contributed by atoms with Crippen LogP contribution in [0.4, 0.5) is 0 Å². The molecule has 0 unspecified atom stereocenters. The molecular formula is C14H29ClN2O2. The predicted molar refractivity (Wildman–Crippen MR) is 80.8 cm³/mol. The van der Waals surface area contributed by atoms with E-state index in [0.717, 1.165) is 32.7 Å². The molecule has 19 heavy (non-hydrogen) atoms. The molecule has 1 amide bonds. The van der Waals surface area contributed by atoms with Crippen LogP contribution in [0, 0.1) is 5.92 Å². The fraction of sp³-hybridized carbons (Fsp3) is 0.929. The second-order valence-corrected chi connectivity index (χ2v) is 5.15. The smallest absolute Gasteiger partial charge is 0.220 e. The van der Waals surface area contributed by atoms with Crippen LogP contribution in [0.5, 0.6) is 0 Å². The zero-order valence-corrected chi connectivity index (χ0v) is 12.9. The summed E-state index contributed by atoms with van der Waals surface area (Å²) >= 11 is 0. The van der Waals surface area contributed by atoms with Crippen molar-refractivity contribution in [2.45, 2.75) is 44.9 Å². The Morgan fingerprint density at radius 1 is 1.11 bits per heavy atom. The predicted octanol–water partition coefficient (Wildman–Crippen LogP) is 2.12. The fourth-order valence-corrected chi connectivity index (χ4v) is 2.49. The molecule has 0 aliphatic heterocycles. The molecule has 1 aliphatic carbocycles. The van der Waals surface area contributed by atoms with Gasteiger partial charge in [-0.05, 0) is 18.8 Å². The molecule has 2 N–H and O–H groups in total. The standard InChI is InChI=1S/C14H28N2O2.ClH/c1-18-11-10-15-8-9-16-14(17)12-13-6-4-2-3-5-7-13;/h13,15H,2-12H2,1H3,(H,16,17);1H. The number of amides is 1. The first-order chi connectivity index (χ1) is 8.83. The maximum Gasteiger partial charge on any atom is 0.220 e. The topological polar surface area (TPSA) is 50.4 Å². The van der Waals surface area contributed by atoms with Crippen LogP contribution >= 0.6 is 12.4 Å². The van der Waals surface area contributed by atoms with E-state index in [0.29, 0.717) is 5.92 Å². The number of hydrogen-bond acceptors (Lipinski definition) is 3. The summed E-state index contributed by atoms with van der Waals surface area (Å²) in [7, 11) is 1.69. The number of carbonyl (C=O) groups is 1. The Hall–Kier alpha value is -0.320. The molecule has 5 heteroatoms. The van der Waals surface area contributed by atoms with Gasteiger partial charge in [-0.15, -0.1) is 12.4 Å². The minimum atomic E-state index is 0. The summed E-state index contributed by atoms with van der Waals surface area (Å²) in [6, 6.07) is 0. The monoisotopic (exact) mass is 292 g/mol. The number of rotatable bonds is 8. The Bertz CT molecular complexity index is 219.